The molecule has 3 aromatic carbocycles. The van der Waals surface area contributed by atoms with E-state index in [1.54, 1.807) is 0 Å². The number of nitrogens with two attached hydrogens (primary N) is 2. The van der Waals surface area contributed by atoms with Gasteiger partial charge in [-0.1, -0.05) is 80.6 Å². The second-order valence-corrected chi connectivity index (χ2v) is 10.7. The van der Waals surface area contributed by atoms with E-state index in [4.69, 9.17) is 41.2 Å². The van der Waals surface area contributed by atoms with Gasteiger partial charge in [0.25, 0.3) is 0 Å². The number of anilines is 6. The topological polar surface area (TPSA) is 231 Å². The Morgan fingerprint density at radius 2 is 1.06 bits per heavy atom. The van der Waals surface area contributed by atoms with Crippen molar-refractivity contribution in [3.05, 3.63) is 107 Å². The third kappa shape index (κ3) is 10.4. The van der Waals surface area contributed by atoms with Crippen molar-refractivity contribution >= 4 is 47.1 Å². The van der Waals surface area contributed by atoms with Gasteiger partial charge in [0.2, 0.25) is 23.8 Å². The second kappa shape index (κ2) is 17.1. The molecule has 0 spiro atoms. The fraction of sp³-hybridized carbons (Fsp3) is 0.235. The number of aryl methyl sites for hydroxylation is 2. The van der Waals surface area contributed by atoms with Gasteiger partial charge in [-0.15, -0.1) is 0 Å². The maximum atomic E-state index is 9.10. The minimum Gasteiger partial charge on any atom is -0.473 e. The number of carboxylic acid groups (broad SMARTS) is 2. The molecule has 15 heteroatoms. The van der Waals surface area contributed by atoms with E-state index in [1.165, 1.54) is 0 Å². The molecule has 0 aliphatic heterocycles. The third-order valence-electron chi connectivity index (χ3n) is 7.39. The van der Waals surface area contributed by atoms with E-state index in [2.05, 4.69) is 80.5 Å². The number of aliphatic carboxylic acids is 2. The van der Waals surface area contributed by atoms with Crippen molar-refractivity contribution in [3.63, 3.8) is 0 Å². The summed E-state index contributed by atoms with van der Waals surface area (Å²) in [6.45, 7) is 7.06. The van der Waals surface area contributed by atoms with Crippen LogP contribution < -0.4 is 22.1 Å². The van der Waals surface area contributed by atoms with Crippen LogP contribution in [-0.4, -0.2) is 57.0 Å². The maximum Gasteiger partial charge on any atom is 0.414 e. The number of aromatic nitrogens is 6. The molecule has 254 valence electrons. The van der Waals surface area contributed by atoms with Crippen molar-refractivity contribution in [2.45, 2.75) is 52.7 Å². The van der Waals surface area contributed by atoms with Crippen molar-refractivity contribution in [2.75, 3.05) is 22.1 Å². The zero-order valence-electron chi connectivity index (χ0n) is 27.4. The zero-order valence-corrected chi connectivity index (χ0v) is 27.4. The van der Waals surface area contributed by atoms with Gasteiger partial charge in [-0.25, -0.2) is 9.59 Å². The molecule has 0 radical (unpaired) electrons. The Hall–Kier alpha value is -6.22. The van der Waals surface area contributed by atoms with Crippen molar-refractivity contribution in [2.24, 2.45) is 0 Å². The van der Waals surface area contributed by atoms with Crippen LogP contribution in [0.25, 0.3) is 0 Å². The van der Waals surface area contributed by atoms with Crippen molar-refractivity contribution in [1.29, 1.82) is 0 Å². The van der Waals surface area contributed by atoms with Crippen LogP contribution in [0, 0.1) is 0 Å². The van der Waals surface area contributed by atoms with Crippen LogP contribution in [0.3, 0.4) is 0 Å². The lowest BCUT2D eigenvalue weighted by atomic mass is 10.1. The minimum atomic E-state index is -1.82. The number of benzene rings is 3. The summed E-state index contributed by atoms with van der Waals surface area (Å²) in [4.78, 5) is 47.5. The Balaban J connectivity index is 0.000000827. The SMILES string of the molecule is CCc1ccccc1Nc1nc(N)nc(CN(Cc2nc(N)nc(Nc3ccccc3CC)n2)C(C)c2ccccc2)n1.O=C(O)C(=O)O. The average molecular weight is 666 g/mol. The molecule has 0 amide bonds. The highest BCUT2D eigenvalue weighted by Crippen LogP contribution is 2.26. The molecule has 2 heterocycles. The fourth-order valence-corrected chi connectivity index (χ4v) is 4.91. The Kier molecular flexibility index (Phi) is 12.4. The molecule has 2 aromatic heterocycles. The molecule has 0 aliphatic rings. The van der Waals surface area contributed by atoms with E-state index in [9.17, 15) is 0 Å². The van der Waals surface area contributed by atoms with E-state index in [0.29, 0.717) is 36.6 Å². The Labute approximate surface area is 283 Å². The van der Waals surface area contributed by atoms with Gasteiger partial charge in [-0.2, -0.15) is 29.9 Å². The number of rotatable bonds is 12. The number of nitrogens with zero attached hydrogens (tertiary/aromatic N) is 7. The van der Waals surface area contributed by atoms with Crippen LogP contribution in [0.5, 0.6) is 0 Å². The van der Waals surface area contributed by atoms with E-state index >= 15 is 0 Å². The predicted molar refractivity (Wildman–Crippen MR) is 186 cm³/mol. The molecular weight excluding hydrogens is 626 g/mol. The average Bonchev–Trinajstić information content (AvgIpc) is 3.08. The van der Waals surface area contributed by atoms with Gasteiger partial charge >= 0.3 is 11.9 Å². The Bertz CT molecular complexity index is 1760. The summed E-state index contributed by atoms with van der Waals surface area (Å²) >= 11 is 0. The number of carboxylic acids is 2. The van der Waals surface area contributed by atoms with Crippen LogP contribution in [0.1, 0.15) is 55.2 Å². The lowest BCUT2D eigenvalue weighted by Crippen LogP contribution is -2.29. The third-order valence-corrected chi connectivity index (χ3v) is 7.39. The molecule has 0 saturated heterocycles. The first kappa shape index (κ1) is 35.6. The first-order chi connectivity index (χ1) is 23.6. The molecule has 1 atom stereocenters. The van der Waals surface area contributed by atoms with Crippen molar-refractivity contribution in [1.82, 2.24) is 34.8 Å². The van der Waals surface area contributed by atoms with Gasteiger partial charge < -0.3 is 32.3 Å². The van der Waals surface area contributed by atoms with Gasteiger partial charge in [0, 0.05) is 17.4 Å². The summed E-state index contributed by atoms with van der Waals surface area (Å²) in [6, 6.07) is 26.3. The maximum absolute atomic E-state index is 9.10. The van der Waals surface area contributed by atoms with E-state index in [-0.39, 0.29) is 17.9 Å². The second-order valence-electron chi connectivity index (χ2n) is 10.7. The summed E-state index contributed by atoms with van der Waals surface area (Å²) < 4.78 is 0. The molecule has 0 bridgehead atoms. The van der Waals surface area contributed by atoms with Gasteiger partial charge in [0.1, 0.15) is 11.6 Å². The lowest BCUT2D eigenvalue weighted by Gasteiger charge is -2.28. The van der Waals surface area contributed by atoms with E-state index < -0.39 is 11.9 Å². The molecular formula is C34H39N11O4. The molecule has 8 N–H and O–H groups in total. The van der Waals surface area contributed by atoms with Crippen LogP contribution >= 0.6 is 0 Å². The quantitative estimate of drug-likeness (QED) is 0.0987. The summed E-state index contributed by atoms with van der Waals surface area (Å²) in [7, 11) is 0. The van der Waals surface area contributed by atoms with Crippen LogP contribution in [0.15, 0.2) is 78.9 Å². The normalized spacial score (nSPS) is 11.3. The predicted octanol–water partition coefficient (Wildman–Crippen LogP) is 4.75. The Morgan fingerprint density at radius 3 is 1.47 bits per heavy atom. The summed E-state index contributed by atoms with van der Waals surface area (Å²) in [6.07, 6.45) is 1.74. The highest BCUT2D eigenvalue weighted by atomic mass is 16.4. The summed E-state index contributed by atoms with van der Waals surface area (Å²) in [5, 5.41) is 21.4. The Morgan fingerprint density at radius 1 is 0.653 bits per heavy atom. The number of carbonyl (C=O) groups is 2. The largest absolute Gasteiger partial charge is 0.473 e. The van der Waals surface area contributed by atoms with E-state index in [1.807, 2.05) is 54.6 Å². The number of nitrogen functional groups attached to an aromatic ring is 2. The zero-order chi connectivity index (χ0) is 35.3. The molecule has 0 aliphatic carbocycles. The fourth-order valence-electron chi connectivity index (χ4n) is 4.91. The molecule has 5 aromatic rings. The summed E-state index contributed by atoms with van der Waals surface area (Å²) in [5.74, 6) is -1.56. The summed E-state index contributed by atoms with van der Waals surface area (Å²) in [5.41, 5.74) is 17.6. The number of hydrogen-bond donors (Lipinski definition) is 6. The smallest absolute Gasteiger partial charge is 0.414 e. The molecule has 15 nitrogen and oxygen atoms in total. The molecule has 0 fully saturated rings. The van der Waals surface area contributed by atoms with Crippen LogP contribution in [0.2, 0.25) is 0 Å². The van der Waals surface area contributed by atoms with Gasteiger partial charge in [-0.3, -0.25) is 4.90 Å². The molecule has 49 heavy (non-hydrogen) atoms. The van der Waals surface area contributed by atoms with Crippen LogP contribution in [-0.2, 0) is 35.5 Å². The highest BCUT2D eigenvalue weighted by Gasteiger charge is 2.21. The highest BCUT2D eigenvalue weighted by molar-refractivity contribution is 6.27. The monoisotopic (exact) mass is 665 g/mol. The van der Waals surface area contributed by atoms with Crippen LogP contribution in [0.4, 0.5) is 35.2 Å². The van der Waals surface area contributed by atoms with Gasteiger partial charge in [0.15, 0.2) is 0 Å². The van der Waals surface area contributed by atoms with Gasteiger partial charge in [-0.05, 0) is 48.6 Å². The first-order valence-electron chi connectivity index (χ1n) is 15.5. The first-order valence-corrected chi connectivity index (χ1v) is 15.5. The standard InChI is InChI=1S/C32H37N11.C2H2O4/c1-4-22-13-9-11-17-25(22)35-31-39-27(37-29(33)41-31)19-43(21(3)24-15-7-6-8-16-24)20-28-38-30(34)42-32(40-28)36-26-18-12-10-14-23(26)5-2;3-1(4)2(5)6/h6-18,21H,4-5,19-20H2,1-3H3,(H3,33,35,37,39,41)(H3,34,36,38,40,42);(H,3,4)(H,5,6). The minimum absolute atomic E-state index is 0.0355. The molecule has 0 saturated carbocycles. The number of para-hydroxylation sites is 2. The number of nitrogens with one attached hydrogen (secondary N) is 2. The number of hydrogen-bond acceptors (Lipinski definition) is 13. The molecule has 1 unspecified atom stereocenters. The van der Waals surface area contributed by atoms with E-state index in [0.717, 1.165) is 40.9 Å². The van der Waals surface area contributed by atoms with Gasteiger partial charge in [0.05, 0.1) is 13.1 Å². The molecule has 5 rings (SSSR count). The lowest BCUT2D eigenvalue weighted by molar-refractivity contribution is -0.159. The van der Waals surface area contributed by atoms with Crippen molar-refractivity contribution in [3.8, 4) is 0 Å². The van der Waals surface area contributed by atoms with Crippen molar-refractivity contribution < 1.29 is 19.8 Å².